The second-order valence-electron chi connectivity index (χ2n) is 8.18. The SMILES string of the molecule is COc1cccc(C(=O)N/N=C\c2cc3c(cc2C)N(C)C(C)(C)C[C@@H]3C)c1. The minimum Gasteiger partial charge on any atom is -0.497 e. The largest absolute Gasteiger partial charge is 0.497 e. The molecule has 28 heavy (non-hydrogen) atoms. The topological polar surface area (TPSA) is 53.9 Å². The van der Waals surface area contributed by atoms with Gasteiger partial charge in [-0.05, 0) is 80.1 Å². The highest BCUT2D eigenvalue weighted by Gasteiger charge is 2.34. The molecular formula is C23H29N3O2. The Bertz CT molecular complexity index is 918. The van der Waals surface area contributed by atoms with Crippen molar-refractivity contribution in [3.05, 3.63) is 58.7 Å². The number of rotatable bonds is 4. The average Bonchev–Trinajstić information content (AvgIpc) is 2.66. The molecule has 1 N–H and O–H groups in total. The molecule has 148 valence electrons. The molecule has 0 unspecified atom stereocenters. The maximum atomic E-state index is 12.3. The van der Waals surface area contributed by atoms with Gasteiger partial charge < -0.3 is 9.64 Å². The first-order valence-electron chi connectivity index (χ1n) is 9.59. The van der Waals surface area contributed by atoms with Crippen molar-refractivity contribution in [2.24, 2.45) is 5.10 Å². The quantitative estimate of drug-likeness (QED) is 0.629. The van der Waals surface area contributed by atoms with Crippen LogP contribution >= 0.6 is 0 Å². The third-order valence-electron chi connectivity index (χ3n) is 5.72. The minimum absolute atomic E-state index is 0.138. The van der Waals surface area contributed by atoms with Crippen molar-refractivity contribution in [2.45, 2.75) is 45.6 Å². The smallest absolute Gasteiger partial charge is 0.271 e. The van der Waals surface area contributed by atoms with Gasteiger partial charge in [-0.1, -0.05) is 13.0 Å². The predicted molar refractivity (Wildman–Crippen MR) is 115 cm³/mol. The van der Waals surface area contributed by atoms with Crippen LogP contribution in [0.1, 0.15) is 60.2 Å². The summed E-state index contributed by atoms with van der Waals surface area (Å²) >= 11 is 0. The standard InChI is InChI=1S/C23H29N3O2/c1-15-10-21-20(16(2)13-23(3,4)26(21)5)12-18(15)14-24-25-22(27)17-8-7-9-19(11-17)28-6/h7-12,14,16H,13H2,1-6H3,(H,25,27)/b24-14-/t16-/m0/s1. The Morgan fingerprint density at radius 1 is 1.32 bits per heavy atom. The highest BCUT2D eigenvalue weighted by Crippen LogP contribution is 2.43. The number of fused-ring (bicyclic) bond motifs is 1. The molecule has 0 aliphatic carbocycles. The van der Waals surface area contributed by atoms with Gasteiger partial charge in [0.25, 0.3) is 5.91 Å². The number of aryl methyl sites for hydroxylation is 1. The molecule has 0 saturated carbocycles. The number of carbonyl (C=O) groups is 1. The van der Waals surface area contributed by atoms with Gasteiger partial charge in [-0.2, -0.15) is 5.10 Å². The Morgan fingerprint density at radius 2 is 2.07 bits per heavy atom. The molecule has 0 bridgehead atoms. The van der Waals surface area contributed by atoms with E-state index in [0.717, 1.165) is 17.5 Å². The van der Waals surface area contributed by atoms with E-state index in [1.165, 1.54) is 11.3 Å². The number of methoxy groups -OCH3 is 1. The van der Waals surface area contributed by atoms with Crippen LogP contribution < -0.4 is 15.1 Å². The summed E-state index contributed by atoms with van der Waals surface area (Å²) in [5.41, 5.74) is 8.01. The lowest BCUT2D eigenvalue weighted by molar-refractivity contribution is 0.0955. The Balaban J connectivity index is 1.79. The summed E-state index contributed by atoms with van der Waals surface area (Å²) in [6, 6.07) is 11.4. The first kappa shape index (κ1) is 19.9. The third kappa shape index (κ3) is 3.88. The normalized spacial score (nSPS) is 18.1. The molecule has 2 aromatic rings. The number of benzene rings is 2. The molecular weight excluding hydrogens is 350 g/mol. The van der Waals surface area contributed by atoms with Crippen LogP contribution in [0.25, 0.3) is 0 Å². The maximum Gasteiger partial charge on any atom is 0.271 e. The Morgan fingerprint density at radius 3 is 2.79 bits per heavy atom. The van der Waals surface area contributed by atoms with E-state index in [1.807, 2.05) is 0 Å². The molecule has 1 aliphatic heterocycles. The summed E-state index contributed by atoms with van der Waals surface area (Å²) in [4.78, 5) is 14.7. The summed E-state index contributed by atoms with van der Waals surface area (Å²) < 4.78 is 5.16. The van der Waals surface area contributed by atoms with Gasteiger partial charge in [0.15, 0.2) is 0 Å². The van der Waals surface area contributed by atoms with Crippen LogP contribution in [0.5, 0.6) is 5.75 Å². The lowest BCUT2D eigenvalue weighted by atomic mass is 9.79. The zero-order valence-electron chi connectivity index (χ0n) is 17.5. The number of hydrazone groups is 1. The molecule has 0 spiro atoms. The van der Waals surface area contributed by atoms with Crippen LogP contribution in [-0.2, 0) is 0 Å². The van der Waals surface area contributed by atoms with Crippen LogP contribution in [0.15, 0.2) is 41.5 Å². The molecule has 5 nitrogen and oxygen atoms in total. The van der Waals surface area contributed by atoms with E-state index in [4.69, 9.17) is 4.74 Å². The maximum absolute atomic E-state index is 12.3. The van der Waals surface area contributed by atoms with Gasteiger partial charge in [-0.25, -0.2) is 5.43 Å². The van der Waals surface area contributed by atoms with Crippen molar-refractivity contribution in [3.8, 4) is 5.75 Å². The highest BCUT2D eigenvalue weighted by molar-refractivity contribution is 5.95. The Hall–Kier alpha value is -2.82. The van der Waals surface area contributed by atoms with Crippen LogP contribution in [0.2, 0.25) is 0 Å². The number of carbonyl (C=O) groups excluding carboxylic acids is 1. The van der Waals surface area contributed by atoms with Crippen LogP contribution in [0, 0.1) is 6.92 Å². The van der Waals surface area contributed by atoms with Crippen LogP contribution in [0.4, 0.5) is 5.69 Å². The van der Waals surface area contributed by atoms with E-state index in [0.29, 0.717) is 17.2 Å². The lowest BCUT2D eigenvalue weighted by Crippen LogP contribution is -2.45. The summed E-state index contributed by atoms with van der Waals surface area (Å²) in [5.74, 6) is 0.851. The predicted octanol–water partition coefficient (Wildman–Crippen LogP) is 4.49. The zero-order valence-corrected chi connectivity index (χ0v) is 17.5. The number of ether oxygens (including phenoxy) is 1. The van der Waals surface area contributed by atoms with Gasteiger partial charge in [0.1, 0.15) is 5.75 Å². The second kappa shape index (κ2) is 7.66. The lowest BCUT2D eigenvalue weighted by Gasteiger charge is -2.45. The van der Waals surface area contributed by atoms with E-state index in [2.05, 4.69) is 62.3 Å². The molecule has 3 rings (SSSR count). The van der Waals surface area contributed by atoms with Crippen molar-refractivity contribution >= 4 is 17.8 Å². The van der Waals surface area contributed by atoms with E-state index in [-0.39, 0.29) is 11.4 Å². The van der Waals surface area contributed by atoms with E-state index >= 15 is 0 Å². The summed E-state index contributed by atoms with van der Waals surface area (Å²) in [7, 11) is 3.74. The fourth-order valence-electron chi connectivity index (χ4n) is 3.86. The highest BCUT2D eigenvalue weighted by atomic mass is 16.5. The van der Waals surface area contributed by atoms with Gasteiger partial charge in [-0.15, -0.1) is 0 Å². The molecule has 1 atom stereocenters. The van der Waals surface area contributed by atoms with Gasteiger partial charge in [-0.3, -0.25) is 4.79 Å². The summed E-state index contributed by atoms with van der Waals surface area (Å²) in [6.45, 7) is 8.91. The number of hydrogen-bond acceptors (Lipinski definition) is 4. The third-order valence-corrected chi connectivity index (χ3v) is 5.72. The number of hydrogen-bond donors (Lipinski definition) is 1. The first-order valence-corrected chi connectivity index (χ1v) is 9.59. The first-order chi connectivity index (χ1) is 13.2. The monoisotopic (exact) mass is 379 g/mol. The molecule has 0 fully saturated rings. The van der Waals surface area contributed by atoms with E-state index in [9.17, 15) is 4.79 Å². The zero-order chi connectivity index (χ0) is 20.5. The second-order valence-corrected chi connectivity index (χ2v) is 8.18. The van der Waals surface area contributed by atoms with Gasteiger partial charge in [0.2, 0.25) is 0 Å². The summed E-state index contributed by atoms with van der Waals surface area (Å²) in [5, 5.41) is 4.18. The molecule has 0 saturated heterocycles. The molecule has 1 heterocycles. The van der Waals surface area contributed by atoms with Gasteiger partial charge >= 0.3 is 0 Å². The average molecular weight is 380 g/mol. The number of amides is 1. The molecule has 0 radical (unpaired) electrons. The van der Waals surface area contributed by atoms with Crippen molar-refractivity contribution in [3.63, 3.8) is 0 Å². The van der Waals surface area contributed by atoms with E-state index < -0.39 is 0 Å². The van der Waals surface area contributed by atoms with Crippen molar-refractivity contribution in [1.29, 1.82) is 0 Å². The van der Waals surface area contributed by atoms with Gasteiger partial charge in [0.05, 0.1) is 13.3 Å². The molecule has 2 aromatic carbocycles. The molecule has 0 aromatic heterocycles. The van der Waals surface area contributed by atoms with Crippen molar-refractivity contribution in [1.82, 2.24) is 5.43 Å². The number of nitrogens with one attached hydrogen (secondary N) is 1. The molecule has 1 aliphatic rings. The van der Waals surface area contributed by atoms with Crippen molar-refractivity contribution < 1.29 is 9.53 Å². The number of nitrogens with zero attached hydrogens (tertiary/aromatic N) is 2. The minimum atomic E-state index is -0.263. The van der Waals surface area contributed by atoms with Crippen LogP contribution in [0.3, 0.4) is 0 Å². The molecule has 5 heteroatoms. The fourth-order valence-corrected chi connectivity index (χ4v) is 3.86. The number of anilines is 1. The van der Waals surface area contributed by atoms with E-state index in [1.54, 1.807) is 37.6 Å². The van der Waals surface area contributed by atoms with Crippen LogP contribution in [-0.4, -0.2) is 31.8 Å². The summed E-state index contributed by atoms with van der Waals surface area (Å²) in [6.07, 6.45) is 2.82. The molecule has 1 amide bonds. The Kier molecular flexibility index (Phi) is 5.45. The van der Waals surface area contributed by atoms with Gasteiger partial charge in [0, 0.05) is 23.8 Å². The van der Waals surface area contributed by atoms with Crippen molar-refractivity contribution in [2.75, 3.05) is 19.1 Å². The fraction of sp³-hybridized carbons (Fsp3) is 0.391. The Labute approximate surface area is 167 Å².